The number of carboxylic acid groups (broad SMARTS) is 1. The highest BCUT2D eigenvalue weighted by molar-refractivity contribution is 5.77. The van der Waals surface area contributed by atoms with Gasteiger partial charge in [0.25, 0.3) is 0 Å². The third kappa shape index (κ3) is 3.35. The van der Waals surface area contributed by atoms with Gasteiger partial charge in [-0.2, -0.15) is 0 Å². The van der Waals surface area contributed by atoms with Crippen LogP contribution in [0, 0.1) is 18.8 Å². The number of rotatable bonds is 3. The number of hydrogen-bond donors (Lipinski definition) is 1. The van der Waals surface area contributed by atoms with E-state index in [1.165, 1.54) is 0 Å². The van der Waals surface area contributed by atoms with Crippen molar-refractivity contribution in [2.24, 2.45) is 11.8 Å². The molecule has 1 aliphatic rings. The van der Waals surface area contributed by atoms with Gasteiger partial charge >= 0.3 is 12.0 Å². The predicted molar refractivity (Wildman–Crippen MR) is 79.9 cm³/mol. The highest BCUT2D eigenvalue weighted by Crippen LogP contribution is 2.24. The number of carbonyl (C=O) groups excluding carboxylic acids is 1. The lowest BCUT2D eigenvalue weighted by molar-refractivity contribution is -0.142. The maximum Gasteiger partial charge on any atom is 0.320 e. The Morgan fingerprint density at radius 1 is 1.33 bits per heavy atom. The molecule has 2 rings (SSSR count). The van der Waals surface area contributed by atoms with E-state index < -0.39 is 11.9 Å². The van der Waals surface area contributed by atoms with E-state index in [9.17, 15) is 9.59 Å². The molecule has 5 heteroatoms. The van der Waals surface area contributed by atoms with Crippen LogP contribution in [0.3, 0.4) is 0 Å². The molecule has 0 radical (unpaired) electrons. The lowest BCUT2D eigenvalue weighted by Gasteiger charge is -2.25. The van der Waals surface area contributed by atoms with Gasteiger partial charge in [0, 0.05) is 26.7 Å². The van der Waals surface area contributed by atoms with Gasteiger partial charge < -0.3 is 14.9 Å². The maximum atomic E-state index is 12.4. The zero-order valence-corrected chi connectivity index (χ0v) is 12.7. The summed E-state index contributed by atoms with van der Waals surface area (Å²) < 4.78 is 0. The number of hydrogen-bond acceptors (Lipinski definition) is 2. The zero-order valence-electron chi connectivity index (χ0n) is 12.7. The first-order valence-corrected chi connectivity index (χ1v) is 7.17. The van der Waals surface area contributed by atoms with Crippen molar-refractivity contribution in [1.82, 2.24) is 9.80 Å². The molecule has 1 heterocycles. The average Bonchev–Trinajstić information content (AvgIpc) is 2.82. The van der Waals surface area contributed by atoms with E-state index in [1.54, 1.807) is 16.8 Å². The van der Waals surface area contributed by atoms with Crippen LogP contribution in [0.15, 0.2) is 24.3 Å². The molecule has 1 fully saturated rings. The van der Waals surface area contributed by atoms with Crippen LogP contribution in [0.25, 0.3) is 0 Å². The molecule has 1 aliphatic heterocycles. The smallest absolute Gasteiger partial charge is 0.320 e. The summed E-state index contributed by atoms with van der Waals surface area (Å²) in [6, 6.07) is 7.85. The Bertz CT molecular complexity index is 544. The third-order valence-electron chi connectivity index (χ3n) is 4.20. The second-order valence-electron chi connectivity index (χ2n) is 5.89. The van der Waals surface area contributed by atoms with Crippen molar-refractivity contribution in [2.75, 3.05) is 20.1 Å². The van der Waals surface area contributed by atoms with Crippen LogP contribution in [0.5, 0.6) is 0 Å². The van der Waals surface area contributed by atoms with E-state index in [0.717, 1.165) is 11.1 Å². The van der Waals surface area contributed by atoms with E-state index >= 15 is 0 Å². The number of aliphatic carboxylic acids is 1. The molecule has 5 nitrogen and oxygen atoms in total. The molecular formula is C16H22N2O3. The van der Waals surface area contributed by atoms with Crippen LogP contribution in [0.1, 0.15) is 18.1 Å². The Balaban J connectivity index is 2.01. The summed E-state index contributed by atoms with van der Waals surface area (Å²) in [4.78, 5) is 26.9. The lowest BCUT2D eigenvalue weighted by atomic mass is 9.99. The fourth-order valence-electron chi connectivity index (χ4n) is 2.80. The number of urea groups is 1. The van der Waals surface area contributed by atoms with Crippen molar-refractivity contribution < 1.29 is 14.7 Å². The van der Waals surface area contributed by atoms with Crippen LogP contribution < -0.4 is 0 Å². The number of nitrogens with zero attached hydrogens (tertiary/aromatic N) is 2. The van der Waals surface area contributed by atoms with Gasteiger partial charge in [-0.15, -0.1) is 0 Å². The van der Waals surface area contributed by atoms with Crippen molar-refractivity contribution in [3.63, 3.8) is 0 Å². The quantitative estimate of drug-likeness (QED) is 0.928. The van der Waals surface area contributed by atoms with Gasteiger partial charge in [0.15, 0.2) is 0 Å². The molecule has 1 aromatic carbocycles. The van der Waals surface area contributed by atoms with Gasteiger partial charge in [0.05, 0.1) is 5.92 Å². The Hall–Kier alpha value is -2.04. The first kappa shape index (κ1) is 15.4. The van der Waals surface area contributed by atoms with E-state index in [0.29, 0.717) is 19.6 Å². The minimum atomic E-state index is -0.820. The standard InChI is InChI=1S/C16H22N2O3/c1-11-6-4-5-7-13(11)9-17(3)16(21)18-8-12(2)14(10-18)15(19)20/h4-7,12,14H,8-10H2,1-3H3,(H,19,20). The molecule has 2 unspecified atom stereocenters. The largest absolute Gasteiger partial charge is 0.481 e. The second-order valence-corrected chi connectivity index (χ2v) is 5.89. The van der Waals surface area contributed by atoms with Crippen molar-refractivity contribution in [2.45, 2.75) is 20.4 Å². The second kappa shape index (κ2) is 6.16. The molecule has 0 aliphatic carbocycles. The summed E-state index contributed by atoms with van der Waals surface area (Å²) in [7, 11) is 1.76. The summed E-state index contributed by atoms with van der Waals surface area (Å²) in [6.07, 6.45) is 0. The summed E-state index contributed by atoms with van der Waals surface area (Å²) in [6.45, 7) is 5.24. The molecule has 2 amide bonds. The van der Waals surface area contributed by atoms with Gasteiger partial charge in [0.2, 0.25) is 0 Å². The normalized spacial score (nSPS) is 21.4. The summed E-state index contributed by atoms with van der Waals surface area (Å²) in [5.74, 6) is -1.28. The summed E-state index contributed by atoms with van der Waals surface area (Å²) in [5, 5.41) is 9.14. The number of aryl methyl sites for hydroxylation is 1. The van der Waals surface area contributed by atoms with Crippen molar-refractivity contribution >= 4 is 12.0 Å². The van der Waals surface area contributed by atoms with Crippen LogP contribution in [0.4, 0.5) is 4.79 Å². The van der Waals surface area contributed by atoms with Gasteiger partial charge in [-0.25, -0.2) is 4.79 Å². The summed E-state index contributed by atoms with van der Waals surface area (Å²) in [5.41, 5.74) is 2.26. The fraction of sp³-hybridized carbons (Fsp3) is 0.500. The highest BCUT2D eigenvalue weighted by Gasteiger charge is 2.37. The number of amides is 2. The van der Waals surface area contributed by atoms with Crippen LogP contribution >= 0.6 is 0 Å². The molecule has 21 heavy (non-hydrogen) atoms. The Kier molecular flexibility index (Phi) is 4.50. The maximum absolute atomic E-state index is 12.4. The molecule has 114 valence electrons. The predicted octanol–water partition coefficient (Wildman–Crippen LogP) is 2.20. The molecule has 1 N–H and O–H groups in total. The molecule has 0 aromatic heterocycles. The Morgan fingerprint density at radius 3 is 2.57 bits per heavy atom. The van der Waals surface area contributed by atoms with Gasteiger partial charge in [0.1, 0.15) is 0 Å². The molecule has 2 atom stereocenters. The minimum absolute atomic E-state index is 0.00156. The number of likely N-dealkylation sites (tertiary alicyclic amines) is 1. The first-order chi connectivity index (χ1) is 9.90. The Morgan fingerprint density at radius 2 is 2.00 bits per heavy atom. The monoisotopic (exact) mass is 290 g/mol. The molecule has 1 aromatic rings. The zero-order chi connectivity index (χ0) is 15.6. The van der Waals surface area contributed by atoms with E-state index in [2.05, 4.69) is 0 Å². The minimum Gasteiger partial charge on any atom is -0.481 e. The van der Waals surface area contributed by atoms with Crippen molar-refractivity contribution in [3.8, 4) is 0 Å². The molecular weight excluding hydrogens is 268 g/mol. The third-order valence-corrected chi connectivity index (χ3v) is 4.20. The number of carboxylic acids is 1. The molecule has 1 saturated heterocycles. The number of benzene rings is 1. The topological polar surface area (TPSA) is 60.9 Å². The number of carbonyl (C=O) groups is 2. The van der Waals surface area contributed by atoms with Crippen molar-refractivity contribution in [3.05, 3.63) is 35.4 Å². The lowest BCUT2D eigenvalue weighted by Crippen LogP contribution is -2.40. The molecule has 0 bridgehead atoms. The first-order valence-electron chi connectivity index (χ1n) is 7.17. The van der Waals surface area contributed by atoms with Crippen LogP contribution in [-0.4, -0.2) is 47.0 Å². The van der Waals surface area contributed by atoms with Crippen LogP contribution in [-0.2, 0) is 11.3 Å². The summed E-state index contributed by atoms with van der Waals surface area (Å²) >= 11 is 0. The highest BCUT2D eigenvalue weighted by atomic mass is 16.4. The van der Waals surface area contributed by atoms with Crippen LogP contribution in [0.2, 0.25) is 0 Å². The van der Waals surface area contributed by atoms with Gasteiger partial charge in [-0.05, 0) is 24.0 Å². The van der Waals surface area contributed by atoms with E-state index in [-0.39, 0.29) is 11.9 Å². The SMILES string of the molecule is Cc1ccccc1CN(C)C(=O)N1CC(C)C(C(=O)O)C1. The van der Waals surface area contributed by atoms with Crippen molar-refractivity contribution in [1.29, 1.82) is 0 Å². The van der Waals surface area contributed by atoms with Gasteiger partial charge in [-0.1, -0.05) is 31.2 Å². The fourth-order valence-corrected chi connectivity index (χ4v) is 2.80. The van der Waals surface area contributed by atoms with E-state index in [4.69, 9.17) is 5.11 Å². The average molecular weight is 290 g/mol. The molecule has 0 saturated carbocycles. The molecule has 0 spiro atoms. The van der Waals surface area contributed by atoms with Gasteiger partial charge in [-0.3, -0.25) is 4.79 Å². The van der Waals surface area contributed by atoms with E-state index in [1.807, 2.05) is 38.1 Å². The Labute approximate surface area is 125 Å².